The zero-order valence-electron chi connectivity index (χ0n) is 29.4. The summed E-state index contributed by atoms with van der Waals surface area (Å²) in [6.45, 7) is 21.0. The fourth-order valence-electron chi connectivity index (χ4n) is 8.59. The Balaban J connectivity index is 0.00000240. The quantitative estimate of drug-likeness (QED) is 0.182. The van der Waals surface area contributed by atoms with Gasteiger partial charge >= 0.3 is 271 Å². The average Bonchev–Trinajstić information content (AvgIpc) is 3.48. The number of hydrogen-bond donors (Lipinski definition) is 0. The summed E-state index contributed by atoms with van der Waals surface area (Å²) in [5.41, 5.74) is 17.6. The molecule has 2 aliphatic rings. The van der Waals surface area contributed by atoms with E-state index in [4.69, 9.17) is 0 Å². The van der Waals surface area contributed by atoms with Gasteiger partial charge in [-0.3, -0.25) is 0 Å². The maximum atomic E-state index is 2.74. The van der Waals surface area contributed by atoms with Crippen LogP contribution in [-0.2, 0) is 28.2 Å². The van der Waals surface area contributed by atoms with Crippen LogP contribution in [0.3, 0.4) is 0 Å². The Morgan fingerprint density at radius 2 is 0.848 bits per heavy atom. The summed E-state index contributed by atoms with van der Waals surface area (Å²) in [6.07, 6.45) is 5.06. The van der Waals surface area contributed by atoms with Crippen LogP contribution < -0.4 is 0 Å². The first-order valence-corrected chi connectivity index (χ1v) is 30.0. The van der Waals surface area contributed by atoms with E-state index < -0.39 is 17.4 Å². The van der Waals surface area contributed by atoms with Crippen LogP contribution in [0, 0.1) is 0 Å². The number of halogens is 2. The normalized spacial score (nSPS) is 17.7. The molecule has 0 saturated carbocycles. The Kier molecular flexibility index (Phi) is 10.0. The molecular weight excluding hydrogens is 695 g/mol. The molecule has 0 spiro atoms. The maximum Gasteiger partial charge on any atom is -0.147 e. The largest absolute Gasteiger partial charge is 0.147 e. The van der Waals surface area contributed by atoms with Crippen molar-refractivity contribution in [2.24, 2.45) is 0 Å². The molecule has 2 unspecified atom stereocenters. The molecule has 0 saturated heterocycles. The predicted octanol–water partition coefficient (Wildman–Crippen LogP) is 12.4. The Bertz CT molecular complexity index is 1770. The summed E-state index contributed by atoms with van der Waals surface area (Å²) >= 11 is -3.57. The Morgan fingerprint density at radius 1 is 0.522 bits per heavy atom. The number of allylic oxidation sites excluding steroid dienone is 2. The summed E-state index contributed by atoms with van der Waals surface area (Å²) in [6, 6.07) is 32.8. The van der Waals surface area contributed by atoms with Crippen molar-refractivity contribution in [3.63, 3.8) is 0 Å². The standard InChI is InChI=1S/2C20H21.2CH3.2ClH.H2Si.Zr/c2*1-14-12-16-6-5-7-18(19(16)13-14)15-8-10-17(11-9-15)20(2,3)4;;;;;;/h2*5-13H,1-4H3;2*1H3;2*1H;1H2;. The molecule has 0 nitrogen and oxygen atoms in total. The Hall–Kier alpha value is -1.96. The van der Waals surface area contributed by atoms with Crippen LogP contribution in [0.15, 0.2) is 96.1 Å². The molecule has 0 amide bonds. The van der Waals surface area contributed by atoms with Crippen molar-refractivity contribution in [1.29, 1.82) is 0 Å². The van der Waals surface area contributed by atoms with E-state index in [1.807, 2.05) is 0 Å². The smallest absolute Gasteiger partial charge is 0.147 e. The van der Waals surface area contributed by atoms with Gasteiger partial charge in [0.2, 0.25) is 0 Å². The van der Waals surface area contributed by atoms with Crippen molar-refractivity contribution >= 4 is 43.8 Å². The number of hydrogen-bond acceptors (Lipinski definition) is 0. The SMILES string of the molecule is CC1=Cc2c(-c3ccc(C(C)(C)C)cc3)cccc2[CH]1[Zr]([CH3])([CH3])(=[SiH2])[CH]1C(C)=Cc2c(-c3ccc(C(C)(C)C)cc3)cccc21.Cl.Cl. The van der Waals surface area contributed by atoms with Gasteiger partial charge in [-0.2, -0.15) is 0 Å². The molecule has 4 aromatic carbocycles. The van der Waals surface area contributed by atoms with E-state index in [2.05, 4.69) is 169 Å². The molecule has 0 radical (unpaired) electrons. The van der Waals surface area contributed by atoms with E-state index in [9.17, 15) is 0 Å². The molecule has 0 fully saturated rings. The number of fused-ring (bicyclic) bond motifs is 2. The molecule has 0 bridgehead atoms. The summed E-state index contributed by atoms with van der Waals surface area (Å²) < 4.78 is 6.52. The van der Waals surface area contributed by atoms with E-state index >= 15 is 0 Å². The first kappa shape index (κ1) is 36.9. The Labute approximate surface area is 293 Å². The van der Waals surface area contributed by atoms with Gasteiger partial charge in [-0.1, -0.05) is 0 Å². The molecule has 0 N–H and O–H groups in total. The molecule has 6 rings (SSSR count). The monoisotopic (exact) mass is 744 g/mol. The van der Waals surface area contributed by atoms with Crippen molar-refractivity contribution < 1.29 is 17.4 Å². The third-order valence-electron chi connectivity index (χ3n) is 10.6. The summed E-state index contributed by atoms with van der Waals surface area (Å²) in [4.78, 5) is 0. The second-order valence-corrected chi connectivity index (χ2v) is 47.3. The van der Waals surface area contributed by atoms with Gasteiger partial charge in [-0.05, 0) is 0 Å². The molecule has 0 heterocycles. The molecule has 242 valence electrons. The first-order chi connectivity index (χ1) is 20.5. The maximum absolute atomic E-state index is 3.57. The molecule has 46 heavy (non-hydrogen) atoms. The third kappa shape index (κ3) is 6.30. The second-order valence-electron chi connectivity index (χ2n) is 16.9. The van der Waals surface area contributed by atoms with Crippen LogP contribution in [0.25, 0.3) is 34.4 Å². The van der Waals surface area contributed by atoms with Crippen LogP contribution in [0.4, 0.5) is 0 Å². The zero-order chi connectivity index (χ0) is 31.8. The number of rotatable bonds is 4. The number of benzene rings is 4. The minimum Gasteiger partial charge on any atom is -0.147 e. The van der Waals surface area contributed by atoms with Gasteiger partial charge in [0.1, 0.15) is 0 Å². The van der Waals surface area contributed by atoms with E-state index in [1.165, 1.54) is 44.5 Å². The zero-order valence-corrected chi connectivity index (χ0v) is 34.9. The van der Waals surface area contributed by atoms with Gasteiger partial charge in [0.05, 0.1) is 0 Å². The minimum atomic E-state index is -3.57. The van der Waals surface area contributed by atoms with Gasteiger partial charge < -0.3 is 0 Å². The molecule has 0 aliphatic heterocycles. The van der Waals surface area contributed by atoms with Crippen molar-refractivity contribution in [3.05, 3.63) is 129 Å². The van der Waals surface area contributed by atoms with E-state index in [1.54, 1.807) is 22.3 Å². The van der Waals surface area contributed by atoms with E-state index in [0.717, 1.165) is 0 Å². The van der Waals surface area contributed by atoms with Gasteiger partial charge in [-0.15, -0.1) is 24.8 Å². The fourth-order valence-corrected chi connectivity index (χ4v) is 29.8. The predicted molar refractivity (Wildman–Crippen MR) is 209 cm³/mol. The van der Waals surface area contributed by atoms with Crippen LogP contribution in [0.5, 0.6) is 0 Å². The van der Waals surface area contributed by atoms with Crippen LogP contribution in [-0.4, -0.2) is 6.88 Å². The topological polar surface area (TPSA) is 0 Å². The Morgan fingerprint density at radius 3 is 1.15 bits per heavy atom. The minimum absolute atomic E-state index is 0. The second kappa shape index (κ2) is 12.5. The molecule has 2 atom stereocenters. The molecule has 4 heteroatoms. The summed E-state index contributed by atoms with van der Waals surface area (Å²) in [5, 5.41) is 0. The van der Waals surface area contributed by atoms with Gasteiger partial charge in [0.15, 0.2) is 0 Å². The van der Waals surface area contributed by atoms with Crippen LogP contribution >= 0.6 is 24.8 Å². The van der Waals surface area contributed by atoms with Crippen LogP contribution in [0.1, 0.15) is 96.0 Å². The van der Waals surface area contributed by atoms with Crippen LogP contribution in [0.2, 0.25) is 9.26 Å². The van der Waals surface area contributed by atoms with Crippen molar-refractivity contribution in [2.45, 2.75) is 82.7 Å². The third-order valence-corrected chi connectivity index (χ3v) is 28.5. The van der Waals surface area contributed by atoms with Gasteiger partial charge in [0, 0.05) is 0 Å². The van der Waals surface area contributed by atoms with Crippen molar-refractivity contribution in [1.82, 2.24) is 0 Å². The van der Waals surface area contributed by atoms with E-state index in [0.29, 0.717) is 7.25 Å². The van der Waals surface area contributed by atoms with Gasteiger partial charge in [-0.25, -0.2) is 0 Å². The molecule has 2 aliphatic carbocycles. The molecular formula is C42H52Cl2SiZr. The van der Waals surface area contributed by atoms with Crippen molar-refractivity contribution in [3.8, 4) is 22.3 Å². The summed E-state index contributed by atoms with van der Waals surface area (Å²) in [5.74, 6) is 0. The first-order valence-electron chi connectivity index (χ1n) is 16.4. The summed E-state index contributed by atoms with van der Waals surface area (Å²) in [7, 11) is 0. The van der Waals surface area contributed by atoms with E-state index in [-0.39, 0.29) is 35.6 Å². The molecule has 4 aromatic rings. The van der Waals surface area contributed by atoms with Crippen molar-refractivity contribution in [2.75, 3.05) is 0 Å². The fraction of sp³-hybridized carbons (Fsp3) is 0.333. The molecule has 0 aromatic heterocycles. The van der Waals surface area contributed by atoms with Gasteiger partial charge in [0.25, 0.3) is 0 Å². The average molecular weight is 747 g/mol.